The third-order valence-corrected chi connectivity index (χ3v) is 4.95. The van der Waals surface area contributed by atoms with Gasteiger partial charge in [-0.3, -0.25) is 9.59 Å². The van der Waals surface area contributed by atoms with Gasteiger partial charge in [0.15, 0.2) is 0 Å². The highest BCUT2D eigenvalue weighted by Gasteiger charge is 2.22. The molecule has 26 heavy (non-hydrogen) atoms. The molecular formula is C21H27N3O2. The molecule has 1 N–H and O–H groups in total. The van der Waals surface area contributed by atoms with Crippen LogP contribution in [0.3, 0.4) is 0 Å². The SMILES string of the molecule is Cc1ccc(CCC(=O)N2CCCN(C(=O)Cc3ccc[nH]3)CC2)cc1. The molecule has 1 aromatic heterocycles. The second-order valence-electron chi connectivity index (χ2n) is 6.97. The van der Waals surface area contributed by atoms with Crippen LogP contribution in [-0.2, 0) is 22.4 Å². The highest BCUT2D eigenvalue weighted by Crippen LogP contribution is 2.11. The molecule has 5 heteroatoms. The molecule has 2 heterocycles. The number of aromatic amines is 1. The van der Waals surface area contributed by atoms with Gasteiger partial charge in [0.25, 0.3) is 0 Å². The van der Waals surface area contributed by atoms with Crippen LogP contribution in [0.4, 0.5) is 0 Å². The summed E-state index contributed by atoms with van der Waals surface area (Å²) in [5.41, 5.74) is 3.36. The molecule has 1 aromatic carbocycles. The van der Waals surface area contributed by atoms with Gasteiger partial charge in [0, 0.05) is 44.5 Å². The van der Waals surface area contributed by atoms with Crippen molar-refractivity contribution in [2.24, 2.45) is 0 Å². The highest BCUT2D eigenvalue weighted by atomic mass is 16.2. The molecule has 1 aliphatic rings. The van der Waals surface area contributed by atoms with Gasteiger partial charge in [-0.15, -0.1) is 0 Å². The van der Waals surface area contributed by atoms with Gasteiger partial charge in [-0.25, -0.2) is 0 Å². The van der Waals surface area contributed by atoms with E-state index < -0.39 is 0 Å². The van der Waals surface area contributed by atoms with Crippen molar-refractivity contribution in [1.82, 2.24) is 14.8 Å². The third kappa shape index (κ3) is 4.97. The van der Waals surface area contributed by atoms with Crippen molar-refractivity contribution in [2.45, 2.75) is 32.6 Å². The largest absolute Gasteiger partial charge is 0.365 e. The van der Waals surface area contributed by atoms with Crippen molar-refractivity contribution >= 4 is 11.8 Å². The Hall–Kier alpha value is -2.56. The van der Waals surface area contributed by atoms with E-state index in [1.165, 1.54) is 11.1 Å². The molecule has 0 spiro atoms. The van der Waals surface area contributed by atoms with Gasteiger partial charge in [0.05, 0.1) is 6.42 Å². The van der Waals surface area contributed by atoms with Crippen molar-refractivity contribution in [3.05, 3.63) is 59.4 Å². The van der Waals surface area contributed by atoms with Crippen LogP contribution in [0, 0.1) is 6.92 Å². The Morgan fingerprint density at radius 1 is 0.962 bits per heavy atom. The number of aryl methyl sites for hydroxylation is 2. The zero-order valence-electron chi connectivity index (χ0n) is 15.4. The molecule has 0 saturated carbocycles. The standard InChI is InChI=1S/C21H27N3O2/c1-17-5-7-18(8-6-17)9-10-20(25)23-12-3-13-24(15-14-23)21(26)16-19-4-2-11-22-19/h2,4-8,11,22H,3,9-10,12-16H2,1H3. The average molecular weight is 353 g/mol. The lowest BCUT2D eigenvalue weighted by Gasteiger charge is -2.22. The monoisotopic (exact) mass is 353 g/mol. The highest BCUT2D eigenvalue weighted by molar-refractivity contribution is 5.79. The van der Waals surface area contributed by atoms with Gasteiger partial charge < -0.3 is 14.8 Å². The molecule has 138 valence electrons. The molecule has 2 aromatic rings. The van der Waals surface area contributed by atoms with E-state index >= 15 is 0 Å². The van der Waals surface area contributed by atoms with Gasteiger partial charge in [0.2, 0.25) is 11.8 Å². The lowest BCUT2D eigenvalue weighted by atomic mass is 10.1. The van der Waals surface area contributed by atoms with Crippen molar-refractivity contribution < 1.29 is 9.59 Å². The van der Waals surface area contributed by atoms with Gasteiger partial charge in [-0.2, -0.15) is 0 Å². The van der Waals surface area contributed by atoms with E-state index in [1.54, 1.807) is 0 Å². The third-order valence-electron chi connectivity index (χ3n) is 4.95. The number of hydrogen-bond acceptors (Lipinski definition) is 2. The molecule has 2 amide bonds. The lowest BCUT2D eigenvalue weighted by Crippen LogP contribution is -2.38. The summed E-state index contributed by atoms with van der Waals surface area (Å²) >= 11 is 0. The zero-order chi connectivity index (χ0) is 18.4. The minimum Gasteiger partial charge on any atom is -0.365 e. The fourth-order valence-corrected chi connectivity index (χ4v) is 3.33. The molecule has 1 saturated heterocycles. The normalized spacial score (nSPS) is 15.0. The Kier molecular flexibility index (Phi) is 6.10. The van der Waals surface area contributed by atoms with Crippen molar-refractivity contribution in [1.29, 1.82) is 0 Å². The van der Waals surface area contributed by atoms with Gasteiger partial charge >= 0.3 is 0 Å². The second kappa shape index (κ2) is 8.70. The van der Waals surface area contributed by atoms with E-state index in [9.17, 15) is 9.59 Å². The van der Waals surface area contributed by atoms with Crippen LogP contribution in [0.5, 0.6) is 0 Å². The molecule has 0 atom stereocenters. The van der Waals surface area contributed by atoms with Crippen LogP contribution >= 0.6 is 0 Å². The Morgan fingerprint density at radius 2 is 1.65 bits per heavy atom. The van der Waals surface area contributed by atoms with E-state index in [1.807, 2.05) is 28.1 Å². The van der Waals surface area contributed by atoms with Crippen molar-refractivity contribution in [3.63, 3.8) is 0 Å². The smallest absolute Gasteiger partial charge is 0.228 e. The second-order valence-corrected chi connectivity index (χ2v) is 6.97. The number of rotatable bonds is 5. The molecule has 0 bridgehead atoms. The predicted octanol–water partition coefficient (Wildman–Crippen LogP) is 2.56. The van der Waals surface area contributed by atoms with E-state index in [0.29, 0.717) is 25.9 Å². The molecule has 5 nitrogen and oxygen atoms in total. The number of nitrogens with zero attached hydrogens (tertiary/aromatic N) is 2. The van der Waals surface area contributed by atoms with Crippen molar-refractivity contribution in [3.8, 4) is 0 Å². The topological polar surface area (TPSA) is 56.4 Å². The minimum absolute atomic E-state index is 0.126. The van der Waals surface area contributed by atoms with Crippen LogP contribution in [0.2, 0.25) is 0 Å². The summed E-state index contributed by atoms with van der Waals surface area (Å²) in [6.07, 6.45) is 4.37. The van der Waals surface area contributed by atoms with E-state index in [4.69, 9.17) is 0 Å². The maximum atomic E-state index is 12.5. The minimum atomic E-state index is 0.126. The van der Waals surface area contributed by atoms with Gasteiger partial charge in [-0.1, -0.05) is 29.8 Å². The first-order valence-electron chi connectivity index (χ1n) is 9.35. The molecular weight excluding hydrogens is 326 g/mol. The summed E-state index contributed by atoms with van der Waals surface area (Å²) in [4.78, 5) is 31.8. The molecule has 0 aliphatic carbocycles. The Labute approximate surface area is 155 Å². The quantitative estimate of drug-likeness (QED) is 0.898. The number of amides is 2. The Balaban J connectivity index is 1.47. The Bertz CT molecular complexity index is 722. The van der Waals surface area contributed by atoms with Crippen LogP contribution in [0.15, 0.2) is 42.6 Å². The summed E-state index contributed by atoms with van der Waals surface area (Å²) in [7, 11) is 0. The first kappa shape index (κ1) is 18.2. The van der Waals surface area contributed by atoms with Gasteiger partial charge in [-0.05, 0) is 37.5 Å². The fourth-order valence-electron chi connectivity index (χ4n) is 3.33. The number of nitrogens with one attached hydrogen (secondary N) is 1. The van der Waals surface area contributed by atoms with Crippen LogP contribution < -0.4 is 0 Å². The zero-order valence-corrected chi connectivity index (χ0v) is 15.4. The number of carbonyl (C=O) groups excluding carboxylic acids is 2. The summed E-state index contributed by atoms with van der Waals surface area (Å²) in [6.45, 7) is 4.77. The van der Waals surface area contributed by atoms with Crippen LogP contribution in [0.1, 0.15) is 29.7 Å². The van der Waals surface area contributed by atoms with E-state index in [0.717, 1.165) is 31.6 Å². The molecule has 1 aliphatic heterocycles. The summed E-state index contributed by atoms with van der Waals surface area (Å²) in [5, 5.41) is 0. The number of benzene rings is 1. The predicted molar refractivity (Wildman–Crippen MR) is 102 cm³/mol. The summed E-state index contributed by atoms with van der Waals surface area (Å²) in [5.74, 6) is 0.311. The summed E-state index contributed by atoms with van der Waals surface area (Å²) in [6, 6.07) is 12.2. The van der Waals surface area contributed by atoms with Crippen molar-refractivity contribution in [2.75, 3.05) is 26.2 Å². The van der Waals surface area contributed by atoms with E-state index in [2.05, 4.69) is 36.2 Å². The molecule has 1 fully saturated rings. The fraction of sp³-hybridized carbons (Fsp3) is 0.429. The first-order valence-corrected chi connectivity index (χ1v) is 9.35. The summed E-state index contributed by atoms with van der Waals surface area (Å²) < 4.78 is 0. The van der Waals surface area contributed by atoms with Crippen LogP contribution in [0.25, 0.3) is 0 Å². The first-order chi connectivity index (χ1) is 12.6. The molecule has 3 rings (SSSR count). The van der Waals surface area contributed by atoms with E-state index in [-0.39, 0.29) is 11.8 Å². The number of H-pyrrole nitrogens is 1. The average Bonchev–Trinajstić information content (AvgIpc) is 3.02. The maximum Gasteiger partial charge on any atom is 0.228 e. The lowest BCUT2D eigenvalue weighted by molar-refractivity contribution is -0.133. The number of aromatic nitrogens is 1. The van der Waals surface area contributed by atoms with Gasteiger partial charge in [0.1, 0.15) is 0 Å². The number of hydrogen-bond donors (Lipinski definition) is 1. The van der Waals surface area contributed by atoms with Crippen LogP contribution in [-0.4, -0.2) is 52.8 Å². The molecule has 0 unspecified atom stereocenters. The molecule has 0 radical (unpaired) electrons. The number of carbonyl (C=O) groups is 2. The maximum absolute atomic E-state index is 12.5. The Morgan fingerprint density at radius 3 is 2.31 bits per heavy atom.